The molecule has 0 amide bonds. The molecule has 88 valence electrons. The van der Waals surface area contributed by atoms with E-state index >= 15 is 0 Å². The molecule has 5 nitrogen and oxygen atoms in total. The third kappa shape index (κ3) is 2.80. The van der Waals surface area contributed by atoms with E-state index in [1.54, 1.807) is 0 Å². The van der Waals surface area contributed by atoms with Crippen molar-refractivity contribution in [3.05, 3.63) is 23.8 Å². The molecule has 1 atom stereocenters. The van der Waals surface area contributed by atoms with Gasteiger partial charge in [0.25, 0.3) is 0 Å². The second-order valence-corrected chi connectivity index (χ2v) is 2.92. The lowest BCUT2D eigenvalue weighted by molar-refractivity contribution is -0.138. The zero-order valence-corrected chi connectivity index (χ0v) is 7.93. The highest BCUT2D eigenvalue weighted by atomic mass is 19.3. The van der Waals surface area contributed by atoms with E-state index in [-0.39, 0.29) is 5.56 Å². The summed E-state index contributed by atoms with van der Waals surface area (Å²) in [6, 6.07) is 1.86. The fraction of sp³-hybridized carbons (Fsp3) is 0.222. The third-order valence-corrected chi connectivity index (χ3v) is 1.82. The first-order valence-electron chi connectivity index (χ1n) is 4.18. The van der Waals surface area contributed by atoms with Gasteiger partial charge < -0.3 is 20.7 Å². The van der Waals surface area contributed by atoms with Gasteiger partial charge in [-0.1, -0.05) is 6.07 Å². The molecule has 0 saturated carbocycles. The lowest BCUT2D eigenvalue weighted by Crippen LogP contribution is -2.20. The molecule has 1 aromatic rings. The molecule has 0 saturated heterocycles. The van der Waals surface area contributed by atoms with E-state index < -0.39 is 30.1 Å². The van der Waals surface area contributed by atoms with Crippen molar-refractivity contribution in [2.75, 3.05) is 0 Å². The summed E-state index contributed by atoms with van der Waals surface area (Å²) in [5.74, 6) is -2.31. The SMILES string of the molecule is N[C@H](C(=O)O)c1ccc(OC(F)F)c(O)c1. The second kappa shape index (κ2) is 4.75. The van der Waals surface area contributed by atoms with Gasteiger partial charge in [-0.05, 0) is 17.7 Å². The molecule has 0 bridgehead atoms. The molecule has 0 aliphatic carbocycles. The van der Waals surface area contributed by atoms with Gasteiger partial charge in [0, 0.05) is 0 Å². The molecular formula is C9H9F2NO4. The van der Waals surface area contributed by atoms with E-state index in [9.17, 15) is 18.7 Å². The Morgan fingerprint density at radius 2 is 2.06 bits per heavy atom. The Morgan fingerprint density at radius 3 is 2.50 bits per heavy atom. The number of benzene rings is 1. The topological polar surface area (TPSA) is 92.8 Å². The van der Waals surface area contributed by atoms with Crippen LogP contribution in [0.15, 0.2) is 18.2 Å². The quantitative estimate of drug-likeness (QED) is 0.723. The van der Waals surface area contributed by atoms with E-state index in [0.717, 1.165) is 12.1 Å². The van der Waals surface area contributed by atoms with Gasteiger partial charge in [-0.25, -0.2) is 0 Å². The molecule has 0 aliphatic rings. The highest BCUT2D eigenvalue weighted by Crippen LogP contribution is 2.29. The molecule has 0 radical (unpaired) electrons. The van der Waals surface area contributed by atoms with E-state index in [1.807, 2.05) is 0 Å². The molecule has 0 heterocycles. The molecule has 1 rings (SSSR count). The second-order valence-electron chi connectivity index (χ2n) is 2.92. The Hall–Kier alpha value is -1.89. The normalized spacial score (nSPS) is 12.5. The van der Waals surface area contributed by atoms with Crippen molar-refractivity contribution in [3.8, 4) is 11.5 Å². The van der Waals surface area contributed by atoms with Crippen LogP contribution in [0.25, 0.3) is 0 Å². The van der Waals surface area contributed by atoms with Crippen LogP contribution in [0.2, 0.25) is 0 Å². The molecule has 0 spiro atoms. The number of carboxylic acids is 1. The summed E-state index contributed by atoms with van der Waals surface area (Å²) in [5, 5.41) is 17.8. The van der Waals surface area contributed by atoms with Crippen LogP contribution in [0.3, 0.4) is 0 Å². The van der Waals surface area contributed by atoms with Gasteiger partial charge in [-0.3, -0.25) is 4.79 Å². The number of carboxylic acid groups (broad SMARTS) is 1. The monoisotopic (exact) mass is 233 g/mol. The first-order valence-corrected chi connectivity index (χ1v) is 4.18. The molecule has 7 heteroatoms. The first kappa shape index (κ1) is 12.2. The van der Waals surface area contributed by atoms with Gasteiger partial charge in [0.2, 0.25) is 0 Å². The number of phenols is 1. The zero-order valence-electron chi connectivity index (χ0n) is 7.93. The van der Waals surface area contributed by atoms with Crippen molar-refractivity contribution in [1.82, 2.24) is 0 Å². The van der Waals surface area contributed by atoms with Crippen molar-refractivity contribution in [1.29, 1.82) is 0 Å². The summed E-state index contributed by atoms with van der Waals surface area (Å²) < 4.78 is 27.6. The van der Waals surface area contributed by atoms with Crippen LogP contribution in [0.1, 0.15) is 11.6 Å². The molecular weight excluding hydrogens is 224 g/mol. The van der Waals surface area contributed by atoms with Crippen LogP contribution < -0.4 is 10.5 Å². The highest BCUT2D eigenvalue weighted by molar-refractivity contribution is 5.75. The van der Waals surface area contributed by atoms with Crippen LogP contribution in [-0.2, 0) is 4.79 Å². The summed E-state index contributed by atoms with van der Waals surface area (Å²) >= 11 is 0. The predicted octanol–water partition coefficient (Wildman–Crippen LogP) is 1.08. The number of carbonyl (C=O) groups is 1. The smallest absolute Gasteiger partial charge is 0.387 e. The highest BCUT2D eigenvalue weighted by Gasteiger charge is 2.17. The van der Waals surface area contributed by atoms with E-state index in [0.29, 0.717) is 0 Å². The maximum atomic E-state index is 11.8. The molecule has 4 N–H and O–H groups in total. The summed E-state index contributed by atoms with van der Waals surface area (Å²) in [4.78, 5) is 10.5. The van der Waals surface area contributed by atoms with Crippen LogP contribution >= 0.6 is 0 Å². The Kier molecular flexibility index (Phi) is 3.62. The minimum atomic E-state index is -3.06. The Balaban J connectivity index is 2.95. The Bertz CT molecular complexity index is 397. The minimum absolute atomic E-state index is 0.0895. The standard InChI is InChI=1S/C9H9F2NO4/c10-9(11)16-6-2-1-4(3-5(6)13)7(12)8(14)15/h1-3,7,9,13H,12H2,(H,14,15)/t7-/m0/s1. The molecule has 1 aromatic carbocycles. The number of nitrogens with two attached hydrogens (primary N) is 1. The van der Waals surface area contributed by atoms with Crippen molar-refractivity contribution >= 4 is 5.97 Å². The lowest BCUT2D eigenvalue weighted by atomic mass is 10.1. The number of halogens is 2. The number of phenolic OH excluding ortho intramolecular Hbond substituents is 1. The van der Waals surface area contributed by atoms with E-state index in [2.05, 4.69) is 4.74 Å². The van der Waals surface area contributed by atoms with Crippen molar-refractivity contribution in [2.45, 2.75) is 12.7 Å². The number of aromatic hydroxyl groups is 1. The third-order valence-electron chi connectivity index (χ3n) is 1.82. The number of ether oxygens (including phenoxy) is 1. The average Bonchev–Trinajstić information content (AvgIpc) is 2.19. The number of alkyl halides is 2. The summed E-state index contributed by atoms with van der Waals surface area (Å²) in [5.41, 5.74) is 5.35. The largest absolute Gasteiger partial charge is 0.504 e. The van der Waals surface area contributed by atoms with Crippen molar-refractivity contribution < 1.29 is 28.5 Å². The van der Waals surface area contributed by atoms with Gasteiger partial charge in [0.15, 0.2) is 11.5 Å². The molecule has 0 fully saturated rings. The Labute approximate surface area is 89.1 Å². The zero-order chi connectivity index (χ0) is 12.3. The fourth-order valence-corrected chi connectivity index (χ4v) is 1.07. The maximum Gasteiger partial charge on any atom is 0.387 e. The van der Waals surface area contributed by atoms with Gasteiger partial charge in [0.05, 0.1) is 0 Å². The summed E-state index contributed by atoms with van der Waals surface area (Å²) in [6.07, 6.45) is 0. The number of hydrogen-bond acceptors (Lipinski definition) is 4. The molecule has 0 aliphatic heterocycles. The lowest BCUT2D eigenvalue weighted by Gasteiger charge is -2.10. The van der Waals surface area contributed by atoms with Crippen molar-refractivity contribution in [2.24, 2.45) is 5.73 Å². The fourth-order valence-electron chi connectivity index (χ4n) is 1.07. The summed E-state index contributed by atoms with van der Waals surface area (Å²) in [7, 11) is 0. The van der Waals surface area contributed by atoms with Crippen LogP contribution in [0.4, 0.5) is 8.78 Å². The number of rotatable bonds is 4. The van der Waals surface area contributed by atoms with Crippen molar-refractivity contribution in [3.63, 3.8) is 0 Å². The van der Waals surface area contributed by atoms with Gasteiger partial charge >= 0.3 is 12.6 Å². The minimum Gasteiger partial charge on any atom is -0.504 e. The number of aliphatic carboxylic acids is 1. The Morgan fingerprint density at radius 1 is 1.44 bits per heavy atom. The van der Waals surface area contributed by atoms with Gasteiger partial charge in [0.1, 0.15) is 6.04 Å². The van der Waals surface area contributed by atoms with Crippen LogP contribution in [-0.4, -0.2) is 22.8 Å². The predicted molar refractivity (Wildman–Crippen MR) is 49.3 cm³/mol. The van der Waals surface area contributed by atoms with Gasteiger partial charge in [-0.15, -0.1) is 0 Å². The van der Waals surface area contributed by atoms with Gasteiger partial charge in [-0.2, -0.15) is 8.78 Å². The molecule has 0 unspecified atom stereocenters. The first-order chi connectivity index (χ1) is 7.41. The maximum absolute atomic E-state index is 11.8. The van der Waals surface area contributed by atoms with E-state index in [4.69, 9.17) is 10.8 Å². The van der Waals surface area contributed by atoms with Crippen LogP contribution in [0, 0.1) is 0 Å². The average molecular weight is 233 g/mol. The number of hydrogen-bond donors (Lipinski definition) is 3. The summed E-state index contributed by atoms with van der Waals surface area (Å²) in [6.45, 7) is -3.06. The van der Waals surface area contributed by atoms with E-state index in [1.165, 1.54) is 6.07 Å². The molecule has 16 heavy (non-hydrogen) atoms. The van der Waals surface area contributed by atoms with Crippen LogP contribution in [0.5, 0.6) is 11.5 Å². The molecule has 0 aromatic heterocycles.